The van der Waals surface area contributed by atoms with Crippen LogP contribution >= 0.6 is 34.5 Å². The number of nitrogens with two attached hydrogens (primary N) is 1. The fraction of sp³-hybridized carbons (Fsp3) is 0.133. The topological polar surface area (TPSA) is 55.1 Å². The largest absolute Gasteiger partial charge is 0.322 e. The summed E-state index contributed by atoms with van der Waals surface area (Å²) in [5.74, 6) is 5.47. The predicted octanol–water partition coefficient (Wildman–Crippen LogP) is 3.93. The maximum Gasteiger partial charge on any atom is 0.258 e. The van der Waals surface area contributed by atoms with Crippen molar-refractivity contribution in [3.63, 3.8) is 0 Å². The van der Waals surface area contributed by atoms with Crippen molar-refractivity contribution in [3.8, 4) is 11.8 Å². The van der Waals surface area contributed by atoms with E-state index in [-0.39, 0.29) is 5.91 Å². The van der Waals surface area contributed by atoms with Gasteiger partial charge in [0.25, 0.3) is 5.91 Å². The van der Waals surface area contributed by atoms with Gasteiger partial charge in [0, 0.05) is 11.3 Å². The summed E-state index contributed by atoms with van der Waals surface area (Å²) < 4.78 is 0.844. The molecule has 3 N–H and O–H groups in total. The molecule has 1 heterocycles. The highest BCUT2D eigenvalue weighted by Crippen LogP contribution is 2.31. The van der Waals surface area contributed by atoms with E-state index in [0.29, 0.717) is 26.5 Å². The Morgan fingerprint density at radius 2 is 2.14 bits per heavy atom. The number of amides is 1. The van der Waals surface area contributed by atoms with Gasteiger partial charge in [0.2, 0.25) is 0 Å². The number of rotatable bonds is 2. The van der Waals surface area contributed by atoms with E-state index in [0.717, 1.165) is 22.5 Å². The average Bonchev–Trinajstić information content (AvgIpc) is 2.78. The first-order chi connectivity index (χ1) is 10.0. The molecule has 2 rings (SSSR count). The van der Waals surface area contributed by atoms with Gasteiger partial charge in [-0.3, -0.25) is 4.79 Å². The Morgan fingerprint density at radius 1 is 1.38 bits per heavy atom. The number of hydrogen-bond donors (Lipinski definition) is 2. The van der Waals surface area contributed by atoms with Crippen LogP contribution in [0.2, 0.25) is 8.67 Å². The van der Waals surface area contributed by atoms with Crippen LogP contribution in [0.1, 0.15) is 21.5 Å². The summed E-state index contributed by atoms with van der Waals surface area (Å²) in [7, 11) is 0. The Labute approximate surface area is 137 Å². The summed E-state index contributed by atoms with van der Waals surface area (Å²) in [5.41, 5.74) is 8.22. The van der Waals surface area contributed by atoms with Gasteiger partial charge in [0.1, 0.15) is 4.34 Å². The minimum atomic E-state index is -0.301. The zero-order chi connectivity index (χ0) is 15.4. The van der Waals surface area contributed by atoms with Crippen LogP contribution in [-0.2, 0) is 0 Å². The van der Waals surface area contributed by atoms with Crippen molar-refractivity contribution in [3.05, 3.63) is 49.6 Å². The second kappa shape index (κ2) is 6.97. The third kappa shape index (κ3) is 3.99. The smallest absolute Gasteiger partial charge is 0.258 e. The van der Waals surface area contributed by atoms with Crippen molar-refractivity contribution < 1.29 is 4.79 Å². The molecule has 0 aliphatic rings. The number of benzene rings is 1. The number of carbonyl (C=O) groups is 1. The second-order valence-electron chi connectivity index (χ2n) is 4.23. The molecule has 1 amide bonds. The number of halogens is 2. The summed E-state index contributed by atoms with van der Waals surface area (Å²) in [6, 6.07) is 7.05. The van der Waals surface area contributed by atoms with Crippen LogP contribution in [0, 0.1) is 18.8 Å². The minimum absolute atomic E-state index is 0.291. The van der Waals surface area contributed by atoms with E-state index in [2.05, 4.69) is 17.2 Å². The quantitative estimate of drug-likeness (QED) is 0.815. The van der Waals surface area contributed by atoms with Crippen molar-refractivity contribution in [2.75, 3.05) is 11.9 Å². The highest BCUT2D eigenvalue weighted by atomic mass is 35.5. The van der Waals surface area contributed by atoms with Gasteiger partial charge in [-0.05, 0) is 30.7 Å². The predicted molar refractivity (Wildman–Crippen MR) is 89.4 cm³/mol. The first kappa shape index (κ1) is 15.9. The lowest BCUT2D eigenvalue weighted by Gasteiger charge is -2.06. The standard InChI is InChI=1S/C15H12Cl2N2OS/c1-9-4-5-11(7-10(9)3-2-6-18)19-15(20)12-8-13(16)21-14(12)17/h4-5,7-8H,6,18H2,1H3,(H,19,20). The third-order valence-corrected chi connectivity index (χ3v) is 4.21. The van der Waals surface area contributed by atoms with Gasteiger partial charge in [0.15, 0.2) is 0 Å². The number of carbonyl (C=O) groups excluding carboxylic acids is 1. The molecule has 0 aliphatic heterocycles. The lowest BCUT2D eigenvalue weighted by molar-refractivity contribution is 0.102. The van der Waals surface area contributed by atoms with Gasteiger partial charge in [-0.15, -0.1) is 11.3 Å². The number of anilines is 1. The normalized spacial score (nSPS) is 9.90. The summed E-state index contributed by atoms with van der Waals surface area (Å²) in [6.07, 6.45) is 0. The summed E-state index contributed by atoms with van der Waals surface area (Å²) >= 11 is 13.0. The van der Waals surface area contributed by atoms with Crippen LogP contribution in [0.4, 0.5) is 5.69 Å². The zero-order valence-electron chi connectivity index (χ0n) is 11.2. The minimum Gasteiger partial charge on any atom is -0.322 e. The van der Waals surface area contributed by atoms with Crippen molar-refractivity contribution >= 4 is 46.1 Å². The molecule has 6 heteroatoms. The van der Waals surface area contributed by atoms with Crippen LogP contribution in [0.3, 0.4) is 0 Å². The van der Waals surface area contributed by atoms with Crippen molar-refractivity contribution in [1.29, 1.82) is 0 Å². The van der Waals surface area contributed by atoms with E-state index < -0.39 is 0 Å². The van der Waals surface area contributed by atoms with Crippen molar-refractivity contribution in [2.24, 2.45) is 5.73 Å². The fourth-order valence-electron chi connectivity index (χ4n) is 1.67. The van der Waals surface area contributed by atoms with E-state index >= 15 is 0 Å². The molecular formula is C15H12Cl2N2OS. The average molecular weight is 339 g/mol. The molecule has 0 unspecified atom stereocenters. The van der Waals surface area contributed by atoms with E-state index in [4.69, 9.17) is 28.9 Å². The summed E-state index contributed by atoms with van der Waals surface area (Å²) in [5, 5.41) is 2.78. The van der Waals surface area contributed by atoms with Gasteiger partial charge in [0.05, 0.1) is 16.4 Å². The molecular weight excluding hydrogens is 327 g/mol. The maximum atomic E-state index is 12.2. The van der Waals surface area contributed by atoms with Gasteiger partial charge in [-0.25, -0.2) is 0 Å². The maximum absolute atomic E-state index is 12.2. The number of nitrogens with one attached hydrogen (secondary N) is 1. The lowest BCUT2D eigenvalue weighted by atomic mass is 10.1. The Hall–Kier alpha value is -1.51. The molecule has 1 aromatic carbocycles. The van der Waals surface area contributed by atoms with Crippen LogP contribution in [0.25, 0.3) is 0 Å². The molecule has 0 radical (unpaired) electrons. The van der Waals surface area contributed by atoms with Crippen LogP contribution in [0.15, 0.2) is 24.3 Å². The number of thiophene rings is 1. The Morgan fingerprint density at radius 3 is 2.76 bits per heavy atom. The summed E-state index contributed by atoms with van der Waals surface area (Å²) in [4.78, 5) is 12.2. The van der Waals surface area contributed by atoms with Gasteiger partial charge < -0.3 is 11.1 Å². The highest BCUT2D eigenvalue weighted by molar-refractivity contribution is 7.20. The molecule has 0 saturated heterocycles. The second-order valence-corrected chi connectivity index (χ2v) is 6.51. The molecule has 2 aromatic rings. The monoisotopic (exact) mass is 338 g/mol. The molecule has 0 aliphatic carbocycles. The van der Waals surface area contributed by atoms with Crippen LogP contribution < -0.4 is 11.1 Å². The van der Waals surface area contributed by atoms with E-state index in [1.807, 2.05) is 19.1 Å². The molecule has 108 valence electrons. The molecule has 0 saturated carbocycles. The van der Waals surface area contributed by atoms with E-state index in [1.54, 1.807) is 12.1 Å². The van der Waals surface area contributed by atoms with Crippen molar-refractivity contribution in [2.45, 2.75) is 6.92 Å². The molecule has 1 aromatic heterocycles. The van der Waals surface area contributed by atoms with Gasteiger partial charge >= 0.3 is 0 Å². The van der Waals surface area contributed by atoms with Crippen LogP contribution in [0.5, 0.6) is 0 Å². The Balaban J connectivity index is 2.23. The van der Waals surface area contributed by atoms with E-state index in [1.165, 1.54) is 0 Å². The first-order valence-corrected chi connectivity index (χ1v) is 7.64. The number of hydrogen-bond acceptors (Lipinski definition) is 3. The van der Waals surface area contributed by atoms with E-state index in [9.17, 15) is 4.79 Å². The molecule has 0 fully saturated rings. The lowest BCUT2D eigenvalue weighted by Crippen LogP contribution is -2.11. The Kier molecular flexibility index (Phi) is 5.27. The van der Waals surface area contributed by atoms with Gasteiger partial charge in [-0.1, -0.05) is 41.1 Å². The SMILES string of the molecule is Cc1ccc(NC(=O)c2cc(Cl)sc2Cl)cc1C#CCN. The summed E-state index contributed by atoms with van der Waals surface area (Å²) in [6.45, 7) is 2.24. The van der Waals surface area contributed by atoms with Crippen molar-refractivity contribution in [1.82, 2.24) is 0 Å². The highest BCUT2D eigenvalue weighted by Gasteiger charge is 2.14. The van der Waals surface area contributed by atoms with Crippen LogP contribution in [-0.4, -0.2) is 12.5 Å². The molecule has 3 nitrogen and oxygen atoms in total. The molecule has 0 spiro atoms. The molecule has 0 atom stereocenters. The Bertz CT molecular complexity index is 744. The molecule has 21 heavy (non-hydrogen) atoms. The first-order valence-electron chi connectivity index (χ1n) is 6.07. The van der Waals surface area contributed by atoms with Gasteiger partial charge in [-0.2, -0.15) is 0 Å². The number of aryl methyl sites for hydroxylation is 1. The third-order valence-electron chi connectivity index (χ3n) is 2.72. The fourth-order valence-corrected chi connectivity index (χ4v) is 3.13. The molecule has 0 bridgehead atoms. The zero-order valence-corrected chi connectivity index (χ0v) is 13.5.